The third-order valence-electron chi connectivity index (χ3n) is 4.46. The first kappa shape index (κ1) is 24.2. The standard InChI is InChI=1S/C23H28BrClN2O3/c1-15-12-18(10-11-19(15)24)30-14-21(28)27(13-17-8-6-7-9-20(17)25)16(2)22(29)26-23(3,4)5/h6-12,16H,13-14H2,1-5H3,(H,26,29). The van der Waals surface area contributed by atoms with Gasteiger partial charge in [-0.3, -0.25) is 9.59 Å². The van der Waals surface area contributed by atoms with Crippen LogP contribution >= 0.6 is 27.5 Å². The van der Waals surface area contributed by atoms with E-state index in [9.17, 15) is 9.59 Å². The average molecular weight is 496 g/mol. The molecule has 2 rings (SSSR count). The molecular weight excluding hydrogens is 468 g/mol. The lowest BCUT2D eigenvalue weighted by molar-refractivity contribution is -0.142. The number of carbonyl (C=O) groups is 2. The second kappa shape index (κ2) is 10.3. The molecule has 0 aromatic heterocycles. The number of amides is 2. The Kier molecular flexibility index (Phi) is 8.33. The van der Waals surface area contributed by atoms with Gasteiger partial charge < -0.3 is 15.0 Å². The summed E-state index contributed by atoms with van der Waals surface area (Å²) in [4.78, 5) is 27.3. The summed E-state index contributed by atoms with van der Waals surface area (Å²) in [7, 11) is 0. The van der Waals surface area contributed by atoms with Crippen LogP contribution in [-0.4, -0.2) is 34.9 Å². The first-order chi connectivity index (χ1) is 14.0. The summed E-state index contributed by atoms with van der Waals surface area (Å²) >= 11 is 9.74. The van der Waals surface area contributed by atoms with Crippen molar-refractivity contribution in [2.75, 3.05) is 6.61 Å². The Morgan fingerprint density at radius 2 is 1.87 bits per heavy atom. The lowest BCUT2D eigenvalue weighted by Crippen LogP contribution is -2.53. The Balaban J connectivity index is 2.20. The van der Waals surface area contributed by atoms with Gasteiger partial charge in [-0.15, -0.1) is 0 Å². The topological polar surface area (TPSA) is 58.6 Å². The molecule has 0 aliphatic carbocycles. The summed E-state index contributed by atoms with van der Waals surface area (Å²) in [5.41, 5.74) is 1.36. The molecule has 30 heavy (non-hydrogen) atoms. The van der Waals surface area contributed by atoms with Crippen molar-refractivity contribution in [1.29, 1.82) is 0 Å². The van der Waals surface area contributed by atoms with E-state index in [0.29, 0.717) is 10.8 Å². The van der Waals surface area contributed by atoms with Crippen LogP contribution in [0.1, 0.15) is 38.8 Å². The lowest BCUT2D eigenvalue weighted by Gasteiger charge is -2.31. The van der Waals surface area contributed by atoms with Gasteiger partial charge in [0.05, 0.1) is 0 Å². The molecule has 162 valence electrons. The van der Waals surface area contributed by atoms with Crippen LogP contribution in [0, 0.1) is 6.92 Å². The van der Waals surface area contributed by atoms with Crippen LogP contribution in [0.15, 0.2) is 46.9 Å². The number of hydrogen-bond acceptors (Lipinski definition) is 3. The number of halogens is 2. The van der Waals surface area contributed by atoms with Gasteiger partial charge in [0.1, 0.15) is 11.8 Å². The fourth-order valence-corrected chi connectivity index (χ4v) is 3.24. The molecule has 5 nitrogen and oxygen atoms in total. The Bertz CT molecular complexity index is 912. The number of ether oxygens (including phenoxy) is 1. The molecule has 2 aromatic carbocycles. The van der Waals surface area contributed by atoms with Crippen molar-refractivity contribution in [3.05, 3.63) is 63.1 Å². The van der Waals surface area contributed by atoms with Crippen molar-refractivity contribution in [1.82, 2.24) is 10.2 Å². The minimum absolute atomic E-state index is 0.182. The number of benzene rings is 2. The molecular formula is C23H28BrClN2O3. The zero-order valence-electron chi connectivity index (χ0n) is 18.0. The van der Waals surface area contributed by atoms with Crippen molar-refractivity contribution < 1.29 is 14.3 Å². The Morgan fingerprint density at radius 1 is 1.20 bits per heavy atom. The van der Waals surface area contributed by atoms with E-state index < -0.39 is 11.6 Å². The molecule has 0 heterocycles. The van der Waals surface area contributed by atoms with Gasteiger partial charge >= 0.3 is 0 Å². The van der Waals surface area contributed by atoms with E-state index in [4.69, 9.17) is 16.3 Å². The molecule has 2 amide bonds. The Morgan fingerprint density at radius 3 is 2.47 bits per heavy atom. The first-order valence-corrected chi connectivity index (χ1v) is 10.9. The molecule has 2 aromatic rings. The lowest BCUT2D eigenvalue weighted by atomic mass is 10.1. The van der Waals surface area contributed by atoms with Crippen LogP contribution in [0.4, 0.5) is 0 Å². The highest BCUT2D eigenvalue weighted by atomic mass is 79.9. The fraction of sp³-hybridized carbons (Fsp3) is 0.391. The van der Waals surface area contributed by atoms with Gasteiger partial charge in [-0.1, -0.05) is 45.7 Å². The van der Waals surface area contributed by atoms with Gasteiger partial charge in [0.2, 0.25) is 5.91 Å². The van der Waals surface area contributed by atoms with Crippen molar-refractivity contribution in [2.24, 2.45) is 0 Å². The van der Waals surface area contributed by atoms with Crippen molar-refractivity contribution in [2.45, 2.75) is 52.7 Å². The smallest absolute Gasteiger partial charge is 0.261 e. The van der Waals surface area contributed by atoms with E-state index in [1.54, 1.807) is 19.1 Å². The normalized spacial score (nSPS) is 12.2. The first-order valence-electron chi connectivity index (χ1n) is 9.72. The van der Waals surface area contributed by atoms with Gasteiger partial charge in [0.25, 0.3) is 5.91 Å². The quantitative estimate of drug-likeness (QED) is 0.580. The summed E-state index contributed by atoms with van der Waals surface area (Å²) in [6.07, 6.45) is 0. The van der Waals surface area contributed by atoms with Crippen LogP contribution in [0.3, 0.4) is 0 Å². The molecule has 1 unspecified atom stereocenters. The van der Waals surface area contributed by atoms with Gasteiger partial charge in [-0.25, -0.2) is 0 Å². The number of nitrogens with zero attached hydrogens (tertiary/aromatic N) is 1. The maximum absolute atomic E-state index is 13.1. The van der Waals surface area contributed by atoms with E-state index >= 15 is 0 Å². The van der Waals surface area contributed by atoms with Crippen LogP contribution in [0.5, 0.6) is 5.75 Å². The summed E-state index contributed by atoms with van der Waals surface area (Å²) < 4.78 is 6.67. The molecule has 7 heteroatoms. The highest BCUT2D eigenvalue weighted by Gasteiger charge is 2.29. The molecule has 0 spiro atoms. The summed E-state index contributed by atoms with van der Waals surface area (Å²) in [6, 6.07) is 12.1. The monoisotopic (exact) mass is 494 g/mol. The summed E-state index contributed by atoms with van der Waals surface area (Å²) in [5.74, 6) is 0.0583. The van der Waals surface area contributed by atoms with Crippen molar-refractivity contribution >= 4 is 39.3 Å². The molecule has 0 aliphatic heterocycles. The van der Waals surface area contributed by atoms with E-state index in [2.05, 4.69) is 21.2 Å². The van der Waals surface area contributed by atoms with Crippen molar-refractivity contribution in [3.63, 3.8) is 0 Å². The van der Waals surface area contributed by atoms with E-state index in [1.165, 1.54) is 4.90 Å². The van der Waals surface area contributed by atoms with Gasteiger partial charge in [0.15, 0.2) is 6.61 Å². The fourth-order valence-electron chi connectivity index (χ4n) is 2.80. The van der Waals surface area contributed by atoms with Crippen molar-refractivity contribution in [3.8, 4) is 5.75 Å². The summed E-state index contributed by atoms with van der Waals surface area (Å²) in [6.45, 7) is 9.38. The Hall–Kier alpha value is -2.05. The molecule has 0 aliphatic rings. The highest BCUT2D eigenvalue weighted by molar-refractivity contribution is 9.10. The van der Waals surface area contributed by atoms with Crippen LogP contribution in [0.25, 0.3) is 0 Å². The van der Waals surface area contributed by atoms with E-state index in [1.807, 2.05) is 58.0 Å². The maximum atomic E-state index is 13.1. The predicted octanol–water partition coefficient (Wildman–Crippen LogP) is 5.12. The molecule has 0 radical (unpaired) electrons. The highest BCUT2D eigenvalue weighted by Crippen LogP contribution is 2.22. The number of hydrogen-bond donors (Lipinski definition) is 1. The number of rotatable bonds is 7. The number of nitrogens with one attached hydrogen (secondary N) is 1. The molecule has 1 N–H and O–H groups in total. The van der Waals surface area contributed by atoms with Crippen LogP contribution in [-0.2, 0) is 16.1 Å². The Labute approximate surface area is 191 Å². The second-order valence-electron chi connectivity index (χ2n) is 8.23. The largest absolute Gasteiger partial charge is 0.484 e. The maximum Gasteiger partial charge on any atom is 0.261 e. The second-order valence-corrected chi connectivity index (χ2v) is 9.49. The zero-order chi connectivity index (χ0) is 22.5. The number of aryl methyl sites for hydroxylation is 1. The van der Waals surface area contributed by atoms with Crippen LogP contribution in [0.2, 0.25) is 5.02 Å². The van der Waals surface area contributed by atoms with E-state index in [0.717, 1.165) is 15.6 Å². The molecule has 0 saturated heterocycles. The SMILES string of the molecule is Cc1cc(OCC(=O)N(Cc2ccccc2Cl)C(C)C(=O)NC(C)(C)C)ccc1Br. The minimum Gasteiger partial charge on any atom is -0.484 e. The van der Waals surface area contributed by atoms with Gasteiger partial charge in [-0.05, 0) is 70.0 Å². The van der Waals surface area contributed by atoms with Gasteiger partial charge in [0, 0.05) is 21.6 Å². The minimum atomic E-state index is -0.691. The molecule has 0 saturated carbocycles. The molecule has 0 bridgehead atoms. The molecule has 0 fully saturated rings. The third kappa shape index (κ3) is 7.03. The summed E-state index contributed by atoms with van der Waals surface area (Å²) in [5, 5.41) is 3.47. The van der Waals surface area contributed by atoms with Crippen LogP contribution < -0.4 is 10.1 Å². The zero-order valence-corrected chi connectivity index (χ0v) is 20.3. The van der Waals surface area contributed by atoms with E-state index in [-0.39, 0.29) is 25.0 Å². The average Bonchev–Trinajstić information content (AvgIpc) is 2.66. The molecule has 1 atom stereocenters. The number of carbonyl (C=O) groups excluding carboxylic acids is 2. The van der Waals surface area contributed by atoms with Gasteiger partial charge in [-0.2, -0.15) is 0 Å². The predicted molar refractivity (Wildman–Crippen MR) is 124 cm³/mol. The third-order valence-corrected chi connectivity index (χ3v) is 5.71.